The van der Waals surface area contributed by atoms with Crippen molar-refractivity contribution in [1.82, 2.24) is 4.31 Å². The average Bonchev–Trinajstić information content (AvgIpc) is 3.50. The Morgan fingerprint density at radius 2 is 2.00 bits per heavy atom. The molecule has 0 aliphatic carbocycles. The van der Waals surface area contributed by atoms with E-state index in [1.807, 2.05) is 24.3 Å². The summed E-state index contributed by atoms with van der Waals surface area (Å²) in [7, 11) is -3.62. The summed E-state index contributed by atoms with van der Waals surface area (Å²) in [5, 5.41) is 1.77. The van der Waals surface area contributed by atoms with Gasteiger partial charge in [-0.1, -0.05) is 36.4 Å². The summed E-state index contributed by atoms with van der Waals surface area (Å²) < 4.78 is 53.6. The number of halogens is 1. The summed E-state index contributed by atoms with van der Waals surface area (Å²) in [4.78, 5) is 0. The van der Waals surface area contributed by atoms with E-state index in [-0.39, 0.29) is 18.5 Å². The normalized spacial score (nSPS) is 16.5. The van der Waals surface area contributed by atoms with Gasteiger partial charge in [0, 0.05) is 26.1 Å². The van der Waals surface area contributed by atoms with Crippen molar-refractivity contribution >= 4 is 21.4 Å². The van der Waals surface area contributed by atoms with E-state index < -0.39 is 10.0 Å². The largest absolute Gasteiger partial charge is 0.493 e. The quantitative estimate of drug-likeness (QED) is 0.419. The third-order valence-electron chi connectivity index (χ3n) is 5.38. The molecule has 8 heteroatoms. The fourth-order valence-corrected chi connectivity index (χ4v) is 6.32. The monoisotopic (exact) mass is 475 g/mol. The van der Waals surface area contributed by atoms with Gasteiger partial charge in [-0.2, -0.15) is 4.31 Å². The molecular formula is C24H26FNO4S2. The molecule has 1 atom stereocenters. The van der Waals surface area contributed by atoms with Gasteiger partial charge in [0.25, 0.3) is 10.0 Å². The zero-order valence-electron chi connectivity index (χ0n) is 17.7. The van der Waals surface area contributed by atoms with Crippen LogP contribution < -0.4 is 4.74 Å². The minimum absolute atomic E-state index is 0.0926. The van der Waals surface area contributed by atoms with E-state index in [9.17, 15) is 12.8 Å². The number of thiophene rings is 1. The number of hydrogen-bond donors (Lipinski definition) is 0. The highest BCUT2D eigenvalue weighted by Gasteiger charge is 2.30. The number of hydrogen-bond acceptors (Lipinski definition) is 5. The lowest BCUT2D eigenvalue weighted by atomic mass is 10.1. The Morgan fingerprint density at radius 1 is 1.12 bits per heavy atom. The van der Waals surface area contributed by atoms with E-state index in [0.717, 1.165) is 18.4 Å². The van der Waals surface area contributed by atoms with Gasteiger partial charge in [0.05, 0.1) is 12.7 Å². The Kier molecular flexibility index (Phi) is 7.57. The SMILES string of the molecule is O=S(=O)(c1cccs1)N(Cc1cccc(OCCc2ccccc2F)c1)C[C@@H]1CCCO1. The minimum atomic E-state index is -3.62. The third kappa shape index (κ3) is 5.75. The molecule has 0 unspecified atom stereocenters. The topological polar surface area (TPSA) is 55.8 Å². The van der Waals surface area contributed by atoms with Gasteiger partial charge in [-0.05, 0) is 53.6 Å². The van der Waals surface area contributed by atoms with Gasteiger partial charge in [0.1, 0.15) is 15.8 Å². The van der Waals surface area contributed by atoms with Crippen molar-refractivity contribution in [2.75, 3.05) is 19.8 Å². The predicted molar refractivity (Wildman–Crippen MR) is 123 cm³/mol. The van der Waals surface area contributed by atoms with E-state index >= 15 is 0 Å². The van der Waals surface area contributed by atoms with Crippen molar-refractivity contribution in [2.24, 2.45) is 0 Å². The molecule has 1 aliphatic rings. The zero-order valence-corrected chi connectivity index (χ0v) is 19.3. The van der Waals surface area contributed by atoms with E-state index in [4.69, 9.17) is 9.47 Å². The first-order valence-electron chi connectivity index (χ1n) is 10.6. The fraction of sp³-hybridized carbons (Fsp3) is 0.333. The number of nitrogens with zero attached hydrogens (tertiary/aromatic N) is 1. The molecule has 4 rings (SSSR count). The predicted octanol–water partition coefficient (Wildman–Crippen LogP) is 4.88. The van der Waals surface area contributed by atoms with Crippen LogP contribution in [0, 0.1) is 5.82 Å². The van der Waals surface area contributed by atoms with Crippen LogP contribution in [-0.4, -0.2) is 38.6 Å². The maximum atomic E-state index is 13.8. The van der Waals surface area contributed by atoms with Crippen LogP contribution in [0.4, 0.5) is 4.39 Å². The van der Waals surface area contributed by atoms with Crippen LogP contribution in [0.2, 0.25) is 0 Å². The van der Waals surface area contributed by atoms with E-state index in [1.54, 1.807) is 35.7 Å². The number of benzene rings is 2. The number of ether oxygens (including phenoxy) is 2. The maximum absolute atomic E-state index is 13.8. The van der Waals surface area contributed by atoms with Gasteiger partial charge >= 0.3 is 0 Å². The standard InChI is InChI=1S/C24H26FNO4S2/c25-23-10-2-1-7-20(23)12-14-30-21-8-3-6-19(16-21)17-26(18-22-9-4-13-29-22)32(27,28)24-11-5-15-31-24/h1-3,5-8,10-11,15-16,22H,4,9,12-14,17-18H2/t22-/m0/s1. The average molecular weight is 476 g/mol. The molecule has 2 aromatic carbocycles. The molecule has 0 amide bonds. The highest BCUT2D eigenvalue weighted by Crippen LogP contribution is 2.26. The molecule has 1 aromatic heterocycles. The molecule has 170 valence electrons. The van der Waals surface area contributed by atoms with Gasteiger partial charge < -0.3 is 9.47 Å². The molecule has 0 N–H and O–H groups in total. The first-order chi connectivity index (χ1) is 15.5. The smallest absolute Gasteiger partial charge is 0.252 e. The maximum Gasteiger partial charge on any atom is 0.252 e. The van der Waals surface area contributed by atoms with Gasteiger partial charge in [-0.3, -0.25) is 0 Å². The van der Waals surface area contributed by atoms with Crippen LogP contribution in [0.25, 0.3) is 0 Å². The fourth-order valence-electron chi connectivity index (χ4n) is 3.72. The summed E-state index contributed by atoms with van der Waals surface area (Å²) >= 11 is 1.21. The van der Waals surface area contributed by atoms with Gasteiger partial charge in [0.2, 0.25) is 0 Å². The van der Waals surface area contributed by atoms with E-state index in [0.29, 0.717) is 41.7 Å². The van der Waals surface area contributed by atoms with Crippen LogP contribution in [0.15, 0.2) is 70.3 Å². The second kappa shape index (κ2) is 10.6. The third-order valence-corrected chi connectivity index (χ3v) is 8.56. The van der Waals surface area contributed by atoms with Crippen molar-refractivity contribution in [3.63, 3.8) is 0 Å². The molecule has 1 aliphatic heterocycles. The van der Waals surface area contributed by atoms with Crippen molar-refractivity contribution in [3.05, 3.63) is 83.0 Å². The van der Waals surface area contributed by atoms with Crippen LogP contribution >= 0.6 is 11.3 Å². The lowest BCUT2D eigenvalue weighted by molar-refractivity contribution is 0.0926. The molecule has 3 aromatic rings. The number of sulfonamides is 1. The van der Waals surface area contributed by atoms with Crippen molar-refractivity contribution in [1.29, 1.82) is 0 Å². The Bertz CT molecular complexity index is 1110. The summed E-state index contributed by atoms with van der Waals surface area (Å²) in [5.74, 6) is 0.387. The molecule has 2 heterocycles. The second-order valence-electron chi connectivity index (χ2n) is 7.70. The summed E-state index contributed by atoms with van der Waals surface area (Å²) in [5.41, 5.74) is 1.43. The first-order valence-corrected chi connectivity index (χ1v) is 12.9. The van der Waals surface area contributed by atoms with Crippen molar-refractivity contribution < 1.29 is 22.3 Å². The summed E-state index contributed by atoms with van der Waals surface area (Å²) in [6.45, 7) is 1.55. The zero-order chi connectivity index (χ0) is 22.4. The Labute approximate surface area is 192 Å². The first kappa shape index (κ1) is 22.9. The number of rotatable bonds is 10. The highest BCUT2D eigenvalue weighted by molar-refractivity contribution is 7.91. The second-order valence-corrected chi connectivity index (χ2v) is 10.8. The molecule has 0 saturated carbocycles. The van der Waals surface area contributed by atoms with Crippen LogP contribution in [0.1, 0.15) is 24.0 Å². The molecule has 0 radical (unpaired) electrons. The molecule has 1 fully saturated rings. The molecule has 5 nitrogen and oxygen atoms in total. The molecule has 32 heavy (non-hydrogen) atoms. The molecular weight excluding hydrogens is 449 g/mol. The van der Waals surface area contributed by atoms with Crippen LogP contribution in [0.5, 0.6) is 5.75 Å². The van der Waals surface area contributed by atoms with Gasteiger partial charge in [0.15, 0.2) is 0 Å². The van der Waals surface area contributed by atoms with Crippen molar-refractivity contribution in [2.45, 2.75) is 36.1 Å². The Hall–Kier alpha value is -2.26. The van der Waals surface area contributed by atoms with E-state index in [2.05, 4.69) is 0 Å². The van der Waals surface area contributed by atoms with Crippen LogP contribution in [0.3, 0.4) is 0 Å². The molecule has 0 spiro atoms. The van der Waals surface area contributed by atoms with Crippen molar-refractivity contribution in [3.8, 4) is 5.75 Å². The Balaban J connectivity index is 1.45. The highest BCUT2D eigenvalue weighted by atomic mass is 32.2. The molecule has 1 saturated heterocycles. The van der Waals surface area contributed by atoms with Gasteiger partial charge in [-0.15, -0.1) is 11.3 Å². The Morgan fingerprint density at radius 3 is 2.75 bits per heavy atom. The lowest BCUT2D eigenvalue weighted by Gasteiger charge is -2.24. The van der Waals surface area contributed by atoms with E-state index in [1.165, 1.54) is 21.7 Å². The van der Waals surface area contributed by atoms with Crippen LogP contribution in [-0.2, 0) is 27.7 Å². The van der Waals surface area contributed by atoms with Gasteiger partial charge in [-0.25, -0.2) is 12.8 Å². The lowest BCUT2D eigenvalue weighted by Crippen LogP contribution is -2.36. The molecule has 0 bridgehead atoms. The minimum Gasteiger partial charge on any atom is -0.493 e. The summed E-state index contributed by atoms with van der Waals surface area (Å²) in [6.07, 6.45) is 2.16. The summed E-state index contributed by atoms with van der Waals surface area (Å²) in [6, 6.07) is 17.4.